The Morgan fingerprint density at radius 3 is 2.69 bits per heavy atom. The van der Waals surface area contributed by atoms with Crippen molar-refractivity contribution < 1.29 is 4.79 Å². The van der Waals surface area contributed by atoms with Crippen LogP contribution in [0.1, 0.15) is 11.7 Å². The number of carbonyl (C=O) groups excluding carboxylic acids is 1. The molecule has 0 aliphatic heterocycles. The number of benzene rings is 1. The van der Waals surface area contributed by atoms with E-state index < -0.39 is 0 Å². The highest BCUT2D eigenvalue weighted by atomic mass is 35.5. The number of halogens is 2. The fraction of sp³-hybridized carbons (Fsp3) is 0.100. The number of hydrogen-bond acceptors (Lipinski definition) is 3. The summed E-state index contributed by atoms with van der Waals surface area (Å²) in [6.45, 7) is 1.40. The lowest BCUT2D eigenvalue weighted by atomic mass is 10.2. The summed E-state index contributed by atoms with van der Waals surface area (Å²) in [5.74, 6) is 0.195. The van der Waals surface area contributed by atoms with Gasteiger partial charge in [0.2, 0.25) is 5.91 Å². The maximum absolute atomic E-state index is 11.0. The van der Waals surface area contributed by atoms with E-state index in [1.807, 2.05) is 0 Å². The molecule has 0 aliphatic carbocycles. The van der Waals surface area contributed by atoms with Gasteiger partial charge in [0.1, 0.15) is 6.33 Å². The maximum Gasteiger partial charge on any atom is 0.245 e. The molecular weight excluding hydrogens is 249 g/mol. The van der Waals surface area contributed by atoms with Crippen molar-refractivity contribution in [3.8, 4) is 11.4 Å². The van der Waals surface area contributed by atoms with Crippen LogP contribution in [0.25, 0.3) is 11.4 Å². The molecule has 16 heavy (non-hydrogen) atoms. The van der Waals surface area contributed by atoms with Crippen LogP contribution in [0.15, 0.2) is 24.5 Å². The Balaban J connectivity index is 2.46. The monoisotopic (exact) mass is 255 g/mol. The summed E-state index contributed by atoms with van der Waals surface area (Å²) >= 11 is 11.8. The number of aromatic nitrogens is 3. The highest BCUT2D eigenvalue weighted by molar-refractivity contribution is 6.36. The van der Waals surface area contributed by atoms with Crippen LogP contribution in [0.5, 0.6) is 0 Å². The second kappa shape index (κ2) is 4.23. The van der Waals surface area contributed by atoms with Gasteiger partial charge in [-0.25, -0.2) is 4.98 Å². The minimum Gasteiger partial charge on any atom is -0.273 e. The molecule has 1 heterocycles. The fourth-order valence-electron chi connectivity index (χ4n) is 1.21. The van der Waals surface area contributed by atoms with E-state index in [1.165, 1.54) is 13.3 Å². The van der Waals surface area contributed by atoms with Gasteiger partial charge in [0, 0.05) is 17.5 Å². The zero-order valence-corrected chi connectivity index (χ0v) is 9.83. The minimum absolute atomic E-state index is 0.205. The second-order valence-electron chi connectivity index (χ2n) is 3.16. The van der Waals surface area contributed by atoms with Crippen LogP contribution < -0.4 is 0 Å². The third-order valence-electron chi connectivity index (χ3n) is 1.99. The fourth-order valence-corrected chi connectivity index (χ4v) is 1.70. The first-order valence-corrected chi connectivity index (χ1v) is 5.21. The van der Waals surface area contributed by atoms with Crippen LogP contribution in [0.3, 0.4) is 0 Å². The quantitative estimate of drug-likeness (QED) is 0.788. The number of hydrogen-bond donors (Lipinski definition) is 0. The molecule has 0 aliphatic rings. The van der Waals surface area contributed by atoms with Crippen molar-refractivity contribution in [2.24, 2.45) is 0 Å². The van der Waals surface area contributed by atoms with Gasteiger partial charge in [-0.2, -0.15) is 4.68 Å². The topological polar surface area (TPSA) is 47.8 Å². The highest BCUT2D eigenvalue weighted by Crippen LogP contribution is 2.27. The Kier molecular flexibility index (Phi) is 2.94. The summed E-state index contributed by atoms with van der Waals surface area (Å²) in [6, 6.07) is 5.01. The van der Waals surface area contributed by atoms with Crippen molar-refractivity contribution in [3.05, 3.63) is 34.6 Å². The van der Waals surface area contributed by atoms with Crippen molar-refractivity contribution >= 4 is 29.1 Å². The van der Waals surface area contributed by atoms with Crippen molar-refractivity contribution in [2.75, 3.05) is 0 Å². The summed E-state index contributed by atoms with van der Waals surface area (Å²) in [5, 5.41) is 4.99. The normalized spacial score (nSPS) is 10.4. The van der Waals surface area contributed by atoms with Crippen molar-refractivity contribution in [1.29, 1.82) is 0 Å². The van der Waals surface area contributed by atoms with Gasteiger partial charge in [0.25, 0.3) is 0 Å². The van der Waals surface area contributed by atoms with E-state index in [9.17, 15) is 4.79 Å². The van der Waals surface area contributed by atoms with Crippen LogP contribution >= 0.6 is 23.2 Å². The highest BCUT2D eigenvalue weighted by Gasteiger charge is 2.10. The van der Waals surface area contributed by atoms with Gasteiger partial charge >= 0.3 is 0 Å². The molecule has 0 spiro atoms. The molecule has 2 rings (SSSR count). The van der Waals surface area contributed by atoms with E-state index in [-0.39, 0.29) is 5.91 Å². The Hall–Kier alpha value is -1.39. The molecule has 0 saturated carbocycles. The lowest BCUT2D eigenvalue weighted by molar-refractivity contribution is 0.0921. The molecule has 0 unspecified atom stereocenters. The molecule has 0 amide bonds. The van der Waals surface area contributed by atoms with E-state index >= 15 is 0 Å². The Labute approximate surface area is 102 Å². The van der Waals surface area contributed by atoms with Crippen molar-refractivity contribution in [1.82, 2.24) is 14.8 Å². The van der Waals surface area contributed by atoms with Crippen molar-refractivity contribution in [3.63, 3.8) is 0 Å². The van der Waals surface area contributed by atoms with Crippen LogP contribution in [0, 0.1) is 0 Å². The average Bonchev–Trinajstić information content (AvgIpc) is 2.66. The van der Waals surface area contributed by atoms with Crippen LogP contribution in [-0.2, 0) is 0 Å². The maximum atomic E-state index is 11.0. The molecule has 82 valence electrons. The van der Waals surface area contributed by atoms with Crippen LogP contribution in [-0.4, -0.2) is 20.7 Å². The second-order valence-corrected chi connectivity index (χ2v) is 4.00. The summed E-state index contributed by atoms with van der Waals surface area (Å²) in [5.41, 5.74) is 0.645. The SMILES string of the molecule is CC(=O)n1cnc(-c2ccc(Cl)cc2Cl)n1. The lowest BCUT2D eigenvalue weighted by Gasteiger charge is -1.99. The summed E-state index contributed by atoms with van der Waals surface area (Å²) < 4.78 is 1.15. The zero-order chi connectivity index (χ0) is 11.7. The summed E-state index contributed by atoms with van der Waals surface area (Å²) in [7, 11) is 0. The predicted octanol–water partition coefficient (Wildman–Crippen LogP) is 2.91. The molecular formula is C10H7Cl2N3O. The Morgan fingerprint density at radius 2 is 2.12 bits per heavy atom. The Bertz CT molecular complexity index is 551. The molecule has 1 aromatic carbocycles. The van der Waals surface area contributed by atoms with Crippen LogP contribution in [0.4, 0.5) is 0 Å². The first-order valence-electron chi connectivity index (χ1n) is 4.46. The molecule has 1 aromatic heterocycles. The smallest absolute Gasteiger partial charge is 0.245 e. The van der Waals surface area contributed by atoms with Gasteiger partial charge in [-0.1, -0.05) is 23.2 Å². The van der Waals surface area contributed by atoms with Gasteiger partial charge < -0.3 is 0 Å². The lowest BCUT2D eigenvalue weighted by Crippen LogP contribution is -2.05. The first kappa shape index (κ1) is 11.1. The number of carbonyl (C=O) groups is 1. The molecule has 0 fully saturated rings. The van der Waals surface area contributed by atoms with Gasteiger partial charge in [-0.15, -0.1) is 5.10 Å². The van der Waals surface area contributed by atoms with Gasteiger partial charge in [-0.05, 0) is 18.2 Å². The summed E-state index contributed by atoms with van der Waals surface area (Å²) in [6.07, 6.45) is 1.35. The standard InChI is InChI=1S/C10H7Cl2N3O/c1-6(16)15-5-13-10(14-15)8-3-2-7(11)4-9(8)12/h2-5H,1H3. The first-order chi connectivity index (χ1) is 7.58. The third kappa shape index (κ3) is 2.08. The predicted molar refractivity (Wildman–Crippen MR) is 61.8 cm³/mol. The number of nitrogens with zero attached hydrogens (tertiary/aromatic N) is 3. The molecule has 2 aromatic rings. The minimum atomic E-state index is -0.205. The molecule has 0 radical (unpaired) electrons. The zero-order valence-electron chi connectivity index (χ0n) is 8.32. The number of rotatable bonds is 1. The largest absolute Gasteiger partial charge is 0.273 e. The molecule has 0 saturated heterocycles. The van der Waals surface area contributed by atoms with Gasteiger partial charge in [0.05, 0.1) is 5.02 Å². The molecule has 0 bridgehead atoms. The molecule has 6 heteroatoms. The van der Waals surface area contributed by atoms with Gasteiger partial charge in [0.15, 0.2) is 5.82 Å². The molecule has 0 atom stereocenters. The van der Waals surface area contributed by atoms with Crippen molar-refractivity contribution in [2.45, 2.75) is 6.92 Å². The van der Waals surface area contributed by atoms with E-state index in [0.717, 1.165) is 4.68 Å². The third-order valence-corrected chi connectivity index (χ3v) is 2.53. The Morgan fingerprint density at radius 1 is 1.38 bits per heavy atom. The van der Waals surface area contributed by atoms with E-state index in [1.54, 1.807) is 18.2 Å². The summed E-state index contributed by atoms with van der Waals surface area (Å²) in [4.78, 5) is 15.0. The molecule has 4 nitrogen and oxygen atoms in total. The van der Waals surface area contributed by atoms with E-state index in [0.29, 0.717) is 21.4 Å². The average molecular weight is 256 g/mol. The van der Waals surface area contributed by atoms with E-state index in [4.69, 9.17) is 23.2 Å². The van der Waals surface area contributed by atoms with E-state index in [2.05, 4.69) is 10.1 Å². The van der Waals surface area contributed by atoms with Gasteiger partial charge in [-0.3, -0.25) is 4.79 Å². The molecule has 0 N–H and O–H groups in total. The van der Waals surface area contributed by atoms with Crippen LogP contribution in [0.2, 0.25) is 10.0 Å².